The van der Waals surface area contributed by atoms with Crippen molar-refractivity contribution in [1.29, 1.82) is 0 Å². The Morgan fingerprint density at radius 3 is 2.47 bits per heavy atom. The fraction of sp³-hybridized carbons (Fsp3) is 0.500. The molecule has 5 heteroatoms. The van der Waals surface area contributed by atoms with Crippen molar-refractivity contribution in [2.45, 2.75) is 32.1 Å². The van der Waals surface area contributed by atoms with Crippen LogP contribution in [-0.2, 0) is 9.53 Å². The van der Waals surface area contributed by atoms with Gasteiger partial charge in [-0.3, -0.25) is 9.69 Å². The number of aliphatic carboxylic acids is 1. The fourth-order valence-corrected chi connectivity index (χ4v) is 2.85. The molecule has 0 aliphatic carbocycles. The number of carboxylic acids is 1. The van der Waals surface area contributed by atoms with Gasteiger partial charge in [0.05, 0.1) is 12.2 Å². The molecule has 0 radical (unpaired) electrons. The molecule has 0 bridgehead atoms. The second kappa shape index (κ2) is 5.90. The Morgan fingerprint density at radius 2 is 1.95 bits per heavy atom. The van der Waals surface area contributed by atoms with E-state index in [0.29, 0.717) is 23.7 Å². The van der Waals surface area contributed by atoms with E-state index >= 15 is 0 Å². The van der Waals surface area contributed by atoms with Gasteiger partial charge in [0.1, 0.15) is 6.04 Å². The van der Waals surface area contributed by atoms with E-state index in [-0.39, 0.29) is 12.2 Å². The Labute approximate surface area is 117 Å². The van der Waals surface area contributed by atoms with Crippen molar-refractivity contribution >= 4 is 17.6 Å². The van der Waals surface area contributed by atoms with Gasteiger partial charge in [0.2, 0.25) is 0 Å². The van der Waals surface area contributed by atoms with Crippen LogP contribution in [0.2, 0.25) is 5.02 Å². The number of benzene rings is 1. The largest absolute Gasteiger partial charge is 0.480 e. The highest BCUT2D eigenvalue weighted by molar-refractivity contribution is 6.31. The van der Waals surface area contributed by atoms with Crippen molar-refractivity contribution in [3.8, 4) is 0 Å². The van der Waals surface area contributed by atoms with Crippen LogP contribution >= 0.6 is 11.6 Å². The first kappa shape index (κ1) is 14.3. The van der Waals surface area contributed by atoms with E-state index in [1.54, 1.807) is 18.2 Å². The van der Waals surface area contributed by atoms with Crippen LogP contribution < -0.4 is 0 Å². The molecule has 0 saturated carbocycles. The number of rotatable bonds is 3. The second-order valence-electron chi connectivity index (χ2n) is 4.97. The molecule has 4 nitrogen and oxygen atoms in total. The average Bonchev–Trinajstić information content (AvgIpc) is 2.30. The molecule has 1 fully saturated rings. The smallest absolute Gasteiger partial charge is 0.325 e. The molecule has 1 saturated heterocycles. The van der Waals surface area contributed by atoms with Crippen LogP contribution in [0.25, 0.3) is 0 Å². The zero-order chi connectivity index (χ0) is 14.0. The standard InChI is InChI=1S/C14H18ClNO3/c1-9-7-16(8-10(2)19-9)13(14(17)18)11-5-3-4-6-12(11)15/h3-6,9-10,13H,7-8H2,1-2H3,(H,17,18). The zero-order valence-corrected chi connectivity index (χ0v) is 11.8. The molecule has 0 amide bonds. The summed E-state index contributed by atoms with van der Waals surface area (Å²) < 4.78 is 5.64. The number of morpholine rings is 1. The minimum absolute atomic E-state index is 0.0214. The maximum Gasteiger partial charge on any atom is 0.325 e. The summed E-state index contributed by atoms with van der Waals surface area (Å²) >= 11 is 6.13. The first-order chi connectivity index (χ1) is 8.99. The number of ether oxygens (including phenoxy) is 1. The van der Waals surface area contributed by atoms with Crippen LogP contribution in [0.5, 0.6) is 0 Å². The lowest BCUT2D eigenvalue weighted by atomic mass is 10.0. The van der Waals surface area contributed by atoms with Gasteiger partial charge in [-0.15, -0.1) is 0 Å². The Hall–Kier alpha value is -1.10. The molecule has 1 aromatic rings. The zero-order valence-electron chi connectivity index (χ0n) is 11.0. The quantitative estimate of drug-likeness (QED) is 0.926. The van der Waals surface area contributed by atoms with Gasteiger partial charge in [-0.2, -0.15) is 0 Å². The topological polar surface area (TPSA) is 49.8 Å². The molecular weight excluding hydrogens is 266 g/mol. The molecule has 1 aliphatic rings. The average molecular weight is 284 g/mol. The van der Waals surface area contributed by atoms with E-state index in [1.807, 2.05) is 24.8 Å². The normalized spacial score (nSPS) is 26.1. The molecule has 1 aliphatic heterocycles. The van der Waals surface area contributed by atoms with Gasteiger partial charge in [0, 0.05) is 18.1 Å². The van der Waals surface area contributed by atoms with E-state index < -0.39 is 12.0 Å². The predicted octanol–water partition coefficient (Wildman–Crippen LogP) is 2.57. The molecule has 0 aromatic heterocycles. The first-order valence-corrected chi connectivity index (χ1v) is 6.73. The summed E-state index contributed by atoms with van der Waals surface area (Å²) in [6.45, 7) is 5.08. The summed E-state index contributed by atoms with van der Waals surface area (Å²) in [6, 6.07) is 6.38. The van der Waals surface area contributed by atoms with E-state index in [4.69, 9.17) is 16.3 Å². The summed E-state index contributed by atoms with van der Waals surface area (Å²) in [6.07, 6.45) is 0.0428. The van der Waals surface area contributed by atoms with Gasteiger partial charge >= 0.3 is 5.97 Å². The summed E-state index contributed by atoms with van der Waals surface area (Å²) in [5, 5.41) is 10.0. The van der Waals surface area contributed by atoms with Gasteiger partial charge < -0.3 is 9.84 Å². The summed E-state index contributed by atoms with van der Waals surface area (Å²) in [5.41, 5.74) is 0.637. The Morgan fingerprint density at radius 1 is 1.37 bits per heavy atom. The highest BCUT2D eigenvalue weighted by Gasteiger charge is 2.34. The molecule has 1 aromatic carbocycles. The third kappa shape index (κ3) is 3.26. The van der Waals surface area contributed by atoms with Crippen LogP contribution in [0.4, 0.5) is 0 Å². The lowest BCUT2D eigenvalue weighted by Crippen LogP contribution is -2.48. The summed E-state index contributed by atoms with van der Waals surface area (Å²) in [4.78, 5) is 13.5. The van der Waals surface area contributed by atoms with Crippen molar-refractivity contribution < 1.29 is 14.6 Å². The predicted molar refractivity (Wildman–Crippen MR) is 73.4 cm³/mol. The Balaban J connectivity index is 2.31. The van der Waals surface area contributed by atoms with Crippen LogP contribution in [-0.4, -0.2) is 41.3 Å². The summed E-state index contributed by atoms with van der Waals surface area (Å²) in [5.74, 6) is -0.880. The molecule has 19 heavy (non-hydrogen) atoms. The third-order valence-corrected chi connectivity index (χ3v) is 3.59. The SMILES string of the molecule is CC1CN(C(C(=O)O)c2ccccc2Cl)CC(C)O1. The highest BCUT2D eigenvalue weighted by atomic mass is 35.5. The molecule has 3 unspecified atom stereocenters. The van der Waals surface area contributed by atoms with E-state index in [9.17, 15) is 9.90 Å². The molecule has 0 spiro atoms. The van der Waals surface area contributed by atoms with Crippen LogP contribution in [0.15, 0.2) is 24.3 Å². The monoisotopic (exact) mass is 283 g/mol. The maximum atomic E-state index is 11.6. The van der Waals surface area contributed by atoms with Crippen molar-refractivity contribution in [2.24, 2.45) is 0 Å². The van der Waals surface area contributed by atoms with Gasteiger partial charge in [0.15, 0.2) is 0 Å². The lowest BCUT2D eigenvalue weighted by molar-refractivity contribution is -0.149. The number of hydrogen-bond acceptors (Lipinski definition) is 3. The first-order valence-electron chi connectivity index (χ1n) is 6.35. The van der Waals surface area contributed by atoms with Crippen LogP contribution in [0.3, 0.4) is 0 Å². The Kier molecular flexibility index (Phi) is 4.45. The third-order valence-electron chi connectivity index (χ3n) is 3.25. The fourth-order valence-electron chi connectivity index (χ4n) is 2.61. The van der Waals surface area contributed by atoms with E-state index in [1.165, 1.54) is 0 Å². The van der Waals surface area contributed by atoms with Gasteiger partial charge in [0.25, 0.3) is 0 Å². The van der Waals surface area contributed by atoms with Gasteiger partial charge in [-0.1, -0.05) is 29.8 Å². The number of carboxylic acid groups (broad SMARTS) is 1. The summed E-state index contributed by atoms with van der Waals surface area (Å²) in [7, 11) is 0. The maximum absolute atomic E-state index is 11.6. The second-order valence-corrected chi connectivity index (χ2v) is 5.38. The number of halogens is 1. The molecule has 104 valence electrons. The molecule has 3 atom stereocenters. The highest BCUT2D eigenvalue weighted by Crippen LogP contribution is 2.30. The van der Waals surface area contributed by atoms with Gasteiger partial charge in [-0.25, -0.2) is 0 Å². The van der Waals surface area contributed by atoms with Crippen LogP contribution in [0, 0.1) is 0 Å². The van der Waals surface area contributed by atoms with Crippen molar-refractivity contribution in [3.05, 3.63) is 34.9 Å². The molecular formula is C14H18ClNO3. The van der Waals surface area contributed by atoms with Crippen LogP contribution in [0.1, 0.15) is 25.5 Å². The Bertz CT molecular complexity index is 456. The van der Waals surface area contributed by atoms with Crippen molar-refractivity contribution in [2.75, 3.05) is 13.1 Å². The van der Waals surface area contributed by atoms with E-state index in [0.717, 1.165) is 0 Å². The lowest BCUT2D eigenvalue weighted by Gasteiger charge is -2.38. The number of hydrogen-bond donors (Lipinski definition) is 1. The van der Waals surface area contributed by atoms with Crippen molar-refractivity contribution in [3.63, 3.8) is 0 Å². The molecule has 2 rings (SSSR count). The molecule has 1 N–H and O–H groups in total. The minimum atomic E-state index is -0.880. The van der Waals surface area contributed by atoms with Gasteiger partial charge in [-0.05, 0) is 25.5 Å². The van der Waals surface area contributed by atoms with Crippen molar-refractivity contribution in [1.82, 2.24) is 4.90 Å². The number of nitrogens with zero attached hydrogens (tertiary/aromatic N) is 1. The van der Waals surface area contributed by atoms with E-state index in [2.05, 4.69) is 0 Å². The minimum Gasteiger partial charge on any atom is -0.480 e. The molecule has 1 heterocycles. The number of carbonyl (C=O) groups is 1.